The van der Waals surface area contributed by atoms with Crippen LogP contribution in [0, 0.1) is 18.8 Å². The maximum atomic E-state index is 6.76. The molecule has 310 valence electrons. The van der Waals surface area contributed by atoms with Gasteiger partial charge in [0.1, 0.15) is 5.82 Å². The summed E-state index contributed by atoms with van der Waals surface area (Å²) >= 11 is 0. The van der Waals surface area contributed by atoms with Crippen molar-refractivity contribution in [1.82, 2.24) is 18.7 Å². The molecule has 61 heavy (non-hydrogen) atoms. The molecule has 0 bridgehead atoms. The van der Waals surface area contributed by atoms with Crippen LogP contribution in [0.2, 0.25) is 0 Å². The van der Waals surface area contributed by atoms with E-state index in [1.54, 1.807) is 0 Å². The summed E-state index contributed by atoms with van der Waals surface area (Å²) in [4.78, 5) is 4.88. The Kier molecular flexibility index (Phi) is 10.1. The van der Waals surface area contributed by atoms with Crippen molar-refractivity contribution in [3.8, 4) is 28.4 Å². The van der Waals surface area contributed by atoms with Crippen LogP contribution >= 0.6 is 0 Å². The van der Waals surface area contributed by atoms with Gasteiger partial charge < -0.3 is 9.30 Å². The van der Waals surface area contributed by atoms with Gasteiger partial charge in [-0.3, -0.25) is 0 Å². The number of para-hydroxylation sites is 1. The largest absolute Gasteiger partial charge is 0.509 e. The first kappa shape index (κ1) is 41.1. The fraction of sp³-hybridized carbons (Fsp3) is 0.236. The molecule has 2 atom stereocenters. The van der Waals surface area contributed by atoms with Crippen LogP contribution in [-0.2, 0) is 31.9 Å². The van der Waals surface area contributed by atoms with E-state index in [2.05, 4.69) is 200 Å². The Morgan fingerprint density at radius 3 is 2.11 bits per heavy atom. The molecule has 0 N–H and O–H groups in total. The second-order valence-corrected chi connectivity index (χ2v) is 18.7. The summed E-state index contributed by atoms with van der Waals surface area (Å²) in [6, 6.07) is 56.0. The number of rotatable bonds is 9. The summed E-state index contributed by atoms with van der Waals surface area (Å²) in [5, 5.41) is 2.26. The predicted octanol–water partition coefficient (Wildman–Crippen LogP) is 15.1. The van der Waals surface area contributed by atoms with E-state index in [0.29, 0.717) is 26.6 Å². The second-order valence-electron chi connectivity index (χ2n) is 18.7. The van der Waals surface area contributed by atoms with Crippen LogP contribution in [0.5, 0.6) is 11.5 Å². The Balaban J connectivity index is 0.00000476. The van der Waals surface area contributed by atoms with Crippen LogP contribution in [0.1, 0.15) is 90.8 Å². The van der Waals surface area contributed by atoms with E-state index in [4.69, 9.17) is 9.72 Å². The Morgan fingerprint density at radius 1 is 0.639 bits per heavy atom. The van der Waals surface area contributed by atoms with Gasteiger partial charge in [0.25, 0.3) is 0 Å². The Morgan fingerprint density at radius 2 is 1.36 bits per heavy atom. The molecule has 2 aromatic heterocycles. The number of pyridine rings is 1. The molecule has 6 aromatic carbocycles. The van der Waals surface area contributed by atoms with E-state index in [1.165, 1.54) is 44.9 Å². The number of nitrogens with zero attached hydrogens (tertiary/aromatic N) is 4. The van der Waals surface area contributed by atoms with Crippen molar-refractivity contribution in [3.05, 3.63) is 175 Å². The fourth-order valence-corrected chi connectivity index (χ4v) is 9.56. The average molecular weight is 981 g/mol. The van der Waals surface area contributed by atoms with Crippen LogP contribution in [0.15, 0.2) is 140 Å². The number of ether oxygens (including phenoxy) is 1. The predicted molar refractivity (Wildman–Crippen MR) is 249 cm³/mol. The summed E-state index contributed by atoms with van der Waals surface area (Å²) < 4.78 is 10.1. The molecule has 0 amide bonds. The molecule has 1 fully saturated rings. The zero-order valence-corrected chi connectivity index (χ0v) is 38.6. The molecule has 1 saturated heterocycles. The molecule has 2 aliphatic heterocycles. The Bertz CT molecular complexity index is 2950. The quantitative estimate of drug-likeness (QED) is 0.0819. The third kappa shape index (κ3) is 6.51. The van der Waals surface area contributed by atoms with Crippen LogP contribution in [0.3, 0.4) is 0 Å². The molecule has 5 nitrogen and oxygen atoms in total. The van der Waals surface area contributed by atoms with Gasteiger partial charge in [-0.2, -0.15) is 16.7 Å². The average Bonchev–Trinajstić information content (AvgIpc) is 3.74. The molecule has 0 saturated carbocycles. The third-order valence-corrected chi connectivity index (χ3v) is 13.0. The van der Waals surface area contributed by atoms with Gasteiger partial charge >= 0.3 is 0 Å². The molecular formula is C55H53N4OPt-. The summed E-state index contributed by atoms with van der Waals surface area (Å²) in [5.74, 6) is 2.63. The van der Waals surface area contributed by atoms with Crippen molar-refractivity contribution in [1.29, 1.82) is 0 Å². The first-order chi connectivity index (χ1) is 28.9. The number of fused-ring (bicyclic) bond motifs is 7. The molecule has 4 heterocycles. The topological polar surface area (TPSA) is 27.1 Å². The Hall–Kier alpha value is -5.32. The standard InChI is InChI=1S/C55H53N4O.Pt/c1-9-37(10-2)39-29-40(38-17-12-11-13-18-38)31-44(30-39)59-36-58(59,52-32-41(54(3,4)5)23-26-51(52)59)43-19-16-20-45(34-43)60-46-24-25-48-47-21-14-15-22-49(47)57(50(48)35-46)53-33-42(27-28-56-53)55(6,7)8;/h11-33,36-37H,9-10H2,1-8H3;/q-1;/t58?,59-;/m0./s1. The molecule has 8 aromatic rings. The van der Waals surface area contributed by atoms with Gasteiger partial charge in [0.2, 0.25) is 11.4 Å². The van der Waals surface area contributed by atoms with E-state index in [-0.39, 0.29) is 31.9 Å². The van der Waals surface area contributed by atoms with Gasteiger partial charge in [0.15, 0.2) is 12.4 Å². The van der Waals surface area contributed by atoms with E-state index in [0.717, 1.165) is 46.2 Å². The first-order valence-electron chi connectivity index (χ1n) is 21.5. The van der Waals surface area contributed by atoms with Crippen molar-refractivity contribution in [2.24, 2.45) is 0 Å². The molecule has 10 rings (SSSR count). The van der Waals surface area contributed by atoms with Crippen molar-refractivity contribution >= 4 is 44.6 Å². The molecule has 6 heteroatoms. The number of aromatic nitrogens is 2. The number of benzene rings is 6. The monoisotopic (exact) mass is 980 g/mol. The number of hydrogen-bond acceptors (Lipinski definition) is 2. The van der Waals surface area contributed by atoms with Gasteiger partial charge in [0.05, 0.1) is 5.69 Å². The van der Waals surface area contributed by atoms with Crippen LogP contribution in [-0.4, -0.2) is 9.55 Å². The van der Waals surface area contributed by atoms with E-state index < -0.39 is 0 Å². The summed E-state index contributed by atoms with van der Waals surface area (Å²) in [6.45, 7) is 20.7. The minimum absolute atomic E-state index is 0. The Labute approximate surface area is 375 Å². The van der Waals surface area contributed by atoms with Crippen molar-refractivity contribution < 1.29 is 25.8 Å². The van der Waals surface area contributed by atoms with E-state index in [1.807, 2.05) is 18.3 Å². The van der Waals surface area contributed by atoms with Crippen molar-refractivity contribution in [2.45, 2.75) is 85.0 Å². The normalized spacial score (nSPS) is 18.0. The zero-order valence-electron chi connectivity index (χ0n) is 36.4. The fourth-order valence-electron chi connectivity index (χ4n) is 9.56. The number of quaternary nitrogens is 2. The summed E-state index contributed by atoms with van der Waals surface area (Å²) in [7, 11) is 0. The zero-order chi connectivity index (χ0) is 41.6. The maximum Gasteiger partial charge on any atom is 0.225 e. The molecule has 0 spiro atoms. The van der Waals surface area contributed by atoms with Crippen LogP contribution in [0.25, 0.3) is 38.8 Å². The van der Waals surface area contributed by atoms with E-state index in [9.17, 15) is 0 Å². The van der Waals surface area contributed by atoms with Gasteiger partial charge in [-0.25, -0.2) is 9.58 Å². The molecule has 0 radical (unpaired) electrons. The first-order valence-corrected chi connectivity index (χ1v) is 21.5. The minimum Gasteiger partial charge on any atom is -0.509 e. The smallest absolute Gasteiger partial charge is 0.225 e. The molecular weight excluding hydrogens is 928 g/mol. The molecule has 0 aliphatic carbocycles. The summed E-state index contributed by atoms with van der Waals surface area (Å²) in [6.07, 6.45) is 4.11. The molecule has 2 aliphatic rings. The third-order valence-electron chi connectivity index (χ3n) is 13.0. The van der Waals surface area contributed by atoms with E-state index >= 15 is 0 Å². The van der Waals surface area contributed by atoms with Crippen molar-refractivity contribution in [2.75, 3.05) is 0 Å². The van der Waals surface area contributed by atoms with Crippen molar-refractivity contribution in [3.63, 3.8) is 0 Å². The van der Waals surface area contributed by atoms with Gasteiger partial charge in [0, 0.05) is 68.5 Å². The molecule has 1 unspecified atom stereocenters. The van der Waals surface area contributed by atoms with Crippen LogP contribution in [0.4, 0.5) is 22.7 Å². The van der Waals surface area contributed by atoms with Gasteiger partial charge in [-0.05, 0) is 81.0 Å². The maximum absolute atomic E-state index is 6.76. The SMILES string of the molecule is CCC(CC)c1cc(-c2ccccc2)cc([N@+]23[CH-][N+]2(c2[c-]c(Oc4[c-]c5c(cc4)c4ccccc4n5-c4cc(C(C)(C)C)ccn4)ccc2)c2cc(C(C)(C)C)ccc23)c1.[Pt]. The minimum atomic E-state index is -0.0156. The van der Waals surface area contributed by atoms with Crippen LogP contribution < -0.4 is 13.9 Å². The van der Waals surface area contributed by atoms with Gasteiger partial charge in [-0.15, -0.1) is 29.7 Å². The second kappa shape index (κ2) is 14.9. The summed E-state index contributed by atoms with van der Waals surface area (Å²) in [5.41, 5.74) is 13.3. The van der Waals surface area contributed by atoms with Gasteiger partial charge in [-0.1, -0.05) is 128 Å². The number of hydrogen-bond donors (Lipinski definition) is 0.